The van der Waals surface area contributed by atoms with E-state index in [4.69, 9.17) is 4.52 Å². The molecule has 0 saturated heterocycles. The van der Waals surface area contributed by atoms with E-state index < -0.39 is 10.5 Å². The molecule has 0 radical (unpaired) electrons. The molecule has 8 heteroatoms. The van der Waals surface area contributed by atoms with Crippen LogP contribution in [0.1, 0.15) is 5.56 Å². The number of nitro groups is 1. The lowest BCUT2D eigenvalue weighted by molar-refractivity contribution is -0.384. The first-order valence-electron chi connectivity index (χ1n) is 6.60. The van der Waals surface area contributed by atoms with Gasteiger partial charge < -0.3 is 9.42 Å². The van der Waals surface area contributed by atoms with Gasteiger partial charge in [0.25, 0.3) is 5.69 Å². The van der Waals surface area contributed by atoms with E-state index in [0.717, 1.165) is 6.54 Å². The van der Waals surface area contributed by atoms with Crippen molar-refractivity contribution in [2.45, 2.75) is 0 Å². The van der Waals surface area contributed by atoms with E-state index in [1.54, 1.807) is 12.1 Å². The highest BCUT2D eigenvalue weighted by molar-refractivity contribution is 5.88. The molecule has 116 valence electrons. The number of benzene rings is 1. The molecule has 0 unspecified atom stereocenters. The number of aliphatic imine (C=N–C) groups is 1. The molecule has 0 fully saturated rings. The Kier molecular flexibility index (Phi) is 4.84. The summed E-state index contributed by atoms with van der Waals surface area (Å²) in [5.41, 5.74) is 0.823. The smallest absolute Gasteiger partial charge is 0.338 e. The highest BCUT2D eigenvalue weighted by Crippen LogP contribution is 2.21. The van der Waals surface area contributed by atoms with Gasteiger partial charge in [0.1, 0.15) is 5.56 Å². The maximum atomic E-state index is 11.7. The van der Waals surface area contributed by atoms with Gasteiger partial charge in [-0.25, -0.2) is 9.95 Å². The molecule has 0 amide bonds. The van der Waals surface area contributed by atoms with E-state index in [-0.39, 0.29) is 5.69 Å². The molecule has 0 aliphatic carbocycles. The largest absolute Gasteiger partial charge is 0.366 e. The molecule has 0 atom stereocenters. The Hall–Kier alpha value is -2.74. The van der Waals surface area contributed by atoms with Gasteiger partial charge in [0.2, 0.25) is 0 Å². The summed E-state index contributed by atoms with van der Waals surface area (Å²) in [6.45, 7) is 1.32. The Balaban J connectivity index is 2.25. The minimum Gasteiger partial charge on any atom is -0.338 e. The van der Waals surface area contributed by atoms with E-state index >= 15 is 0 Å². The molecule has 0 spiro atoms. The van der Waals surface area contributed by atoms with Gasteiger partial charge in [0, 0.05) is 30.5 Å². The summed E-state index contributed by atoms with van der Waals surface area (Å²) in [7, 11) is 3.87. The van der Waals surface area contributed by atoms with E-state index in [1.165, 1.54) is 18.3 Å². The fourth-order valence-electron chi connectivity index (χ4n) is 1.80. The highest BCUT2D eigenvalue weighted by atomic mass is 16.6. The van der Waals surface area contributed by atoms with Crippen molar-refractivity contribution < 1.29 is 9.45 Å². The highest BCUT2D eigenvalue weighted by Gasteiger charge is 2.13. The zero-order chi connectivity index (χ0) is 16.1. The lowest BCUT2D eigenvalue weighted by Gasteiger charge is -2.05. The van der Waals surface area contributed by atoms with E-state index in [0.29, 0.717) is 23.4 Å². The Morgan fingerprint density at radius 3 is 2.64 bits per heavy atom. The van der Waals surface area contributed by atoms with Crippen molar-refractivity contribution in [1.29, 1.82) is 0 Å². The summed E-state index contributed by atoms with van der Waals surface area (Å²) in [5, 5.41) is 13.2. The Bertz CT molecular complexity index is 728. The fraction of sp³-hybridized carbons (Fsp3) is 0.286. The van der Waals surface area contributed by atoms with Crippen molar-refractivity contribution in [3.63, 3.8) is 0 Å². The third-order valence-electron chi connectivity index (χ3n) is 3.00. The topological polar surface area (TPSA) is 105 Å². The molecular formula is C14H16N4O4. The number of H-pyrrole nitrogens is 1. The molecule has 0 saturated carbocycles. The molecule has 0 aliphatic heterocycles. The Morgan fingerprint density at radius 2 is 2.05 bits per heavy atom. The van der Waals surface area contributed by atoms with Gasteiger partial charge in [-0.05, 0) is 26.2 Å². The van der Waals surface area contributed by atoms with Crippen molar-refractivity contribution in [1.82, 2.24) is 10.1 Å². The van der Waals surface area contributed by atoms with Gasteiger partial charge in [0.05, 0.1) is 17.2 Å². The first kappa shape index (κ1) is 15.6. The molecule has 1 heterocycles. The number of nitrogens with zero attached hydrogens (tertiary/aromatic N) is 3. The second kappa shape index (κ2) is 6.81. The summed E-state index contributed by atoms with van der Waals surface area (Å²) in [6.07, 6.45) is 1.46. The number of nitrogens with one attached hydrogen (secondary N) is 1. The SMILES string of the molecule is CN(C)CCN=Cc1c(-c2ccc([N+](=O)[O-])cc2)[nH]oc1=O. The maximum Gasteiger partial charge on any atom is 0.366 e. The van der Waals surface area contributed by atoms with Gasteiger partial charge in [0.15, 0.2) is 0 Å². The summed E-state index contributed by atoms with van der Waals surface area (Å²) < 4.78 is 4.79. The van der Waals surface area contributed by atoms with Crippen LogP contribution in [0.3, 0.4) is 0 Å². The van der Waals surface area contributed by atoms with Crippen molar-refractivity contribution in [3.05, 3.63) is 50.4 Å². The van der Waals surface area contributed by atoms with E-state index in [2.05, 4.69) is 10.1 Å². The zero-order valence-corrected chi connectivity index (χ0v) is 12.3. The molecule has 2 rings (SSSR count). The maximum absolute atomic E-state index is 11.7. The van der Waals surface area contributed by atoms with Gasteiger partial charge in [-0.15, -0.1) is 0 Å². The first-order chi connectivity index (χ1) is 10.5. The number of non-ortho nitro benzene ring substituents is 1. The average Bonchev–Trinajstić information content (AvgIpc) is 2.84. The summed E-state index contributed by atoms with van der Waals surface area (Å²) in [4.78, 5) is 28.1. The number of rotatable bonds is 6. The van der Waals surface area contributed by atoms with Crippen LogP contribution in [0, 0.1) is 10.1 Å². The summed E-state index contributed by atoms with van der Waals surface area (Å²) >= 11 is 0. The second-order valence-corrected chi connectivity index (χ2v) is 4.92. The predicted octanol–water partition coefficient (Wildman–Crippen LogP) is 1.52. The van der Waals surface area contributed by atoms with Crippen LogP contribution in [0.15, 0.2) is 38.6 Å². The average molecular weight is 304 g/mol. The molecule has 0 aliphatic rings. The van der Waals surface area contributed by atoms with Gasteiger partial charge in [-0.2, -0.15) is 0 Å². The Labute approximate surface area is 126 Å². The van der Waals surface area contributed by atoms with Crippen molar-refractivity contribution >= 4 is 11.9 Å². The predicted molar refractivity (Wildman–Crippen MR) is 82.4 cm³/mol. The molecule has 22 heavy (non-hydrogen) atoms. The second-order valence-electron chi connectivity index (χ2n) is 4.92. The van der Waals surface area contributed by atoms with Crippen LogP contribution >= 0.6 is 0 Å². The number of nitro benzene ring substituents is 1. The summed E-state index contributed by atoms with van der Waals surface area (Å²) in [6, 6.07) is 5.84. The molecular weight excluding hydrogens is 288 g/mol. The van der Waals surface area contributed by atoms with Crippen molar-refractivity contribution in [2.75, 3.05) is 27.2 Å². The number of aromatic amines is 1. The molecule has 1 aromatic heterocycles. The third-order valence-corrected chi connectivity index (χ3v) is 3.00. The van der Waals surface area contributed by atoms with Crippen LogP contribution in [0.5, 0.6) is 0 Å². The molecule has 1 N–H and O–H groups in total. The first-order valence-corrected chi connectivity index (χ1v) is 6.60. The molecule has 2 aromatic rings. The minimum atomic E-state index is -0.526. The number of aromatic nitrogens is 1. The van der Waals surface area contributed by atoms with Gasteiger partial charge in [-0.1, -0.05) is 0 Å². The van der Waals surface area contributed by atoms with Gasteiger partial charge in [-0.3, -0.25) is 15.1 Å². The van der Waals surface area contributed by atoms with Crippen LogP contribution < -0.4 is 5.63 Å². The van der Waals surface area contributed by atoms with Crippen LogP contribution in [0.25, 0.3) is 11.3 Å². The number of hydrogen-bond acceptors (Lipinski definition) is 6. The van der Waals surface area contributed by atoms with Crippen LogP contribution in [-0.4, -0.2) is 48.4 Å². The lowest BCUT2D eigenvalue weighted by atomic mass is 10.1. The van der Waals surface area contributed by atoms with Crippen LogP contribution in [0.2, 0.25) is 0 Å². The normalized spacial score (nSPS) is 11.4. The van der Waals surface area contributed by atoms with Gasteiger partial charge >= 0.3 is 5.63 Å². The lowest BCUT2D eigenvalue weighted by Crippen LogP contribution is -2.15. The number of likely N-dealkylation sites (N-methyl/N-ethyl adjacent to an activating group) is 1. The van der Waals surface area contributed by atoms with Crippen molar-refractivity contribution in [2.24, 2.45) is 4.99 Å². The zero-order valence-electron chi connectivity index (χ0n) is 12.3. The fourth-order valence-corrected chi connectivity index (χ4v) is 1.80. The summed E-state index contributed by atoms with van der Waals surface area (Å²) in [5.74, 6) is 0. The molecule has 8 nitrogen and oxygen atoms in total. The number of hydrogen-bond donors (Lipinski definition) is 1. The van der Waals surface area contributed by atoms with Crippen LogP contribution in [0.4, 0.5) is 5.69 Å². The quantitative estimate of drug-likeness (QED) is 0.495. The molecule has 0 bridgehead atoms. The van der Waals surface area contributed by atoms with Crippen LogP contribution in [-0.2, 0) is 0 Å². The van der Waals surface area contributed by atoms with E-state index in [9.17, 15) is 14.9 Å². The third kappa shape index (κ3) is 3.67. The monoisotopic (exact) mass is 304 g/mol. The van der Waals surface area contributed by atoms with Crippen molar-refractivity contribution in [3.8, 4) is 11.3 Å². The minimum absolute atomic E-state index is 0.0178. The standard InChI is InChI=1S/C14H16N4O4/c1-17(2)8-7-15-9-12-13(16-22-14(12)19)10-3-5-11(6-4-10)18(20)21/h3-6,9,16H,7-8H2,1-2H3. The van der Waals surface area contributed by atoms with E-state index in [1.807, 2.05) is 19.0 Å². The molecule has 1 aromatic carbocycles. The Morgan fingerprint density at radius 1 is 1.36 bits per heavy atom.